The third-order valence-electron chi connectivity index (χ3n) is 2.81. The summed E-state index contributed by atoms with van der Waals surface area (Å²) < 4.78 is 4.55. The molecule has 0 unspecified atom stereocenters. The van der Waals surface area contributed by atoms with E-state index >= 15 is 0 Å². The largest absolute Gasteiger partial charge is 0.323 e. The highest BCUT2D eigenvalue weighted by atomic mass is 32.1. The van der Waals surface area contributed by atoms with E-state index in [0.717, 1.165) is 16.9 Å². The Labute approximate surface area is 103 Å². The summed E-state index contributed by atoms with van der Waals surface area (Å²) in [4.78, 5) is 4.34. The van der Waals surface area contributed by atoms with Crippen LogP contribution in [0.5, 0.6) is 0 Å². The lowest BCUT2D eigenvalue weighted by Gasteiger charge is -2.03. The van der Waals surface area contributed by atoms with Crippen LogP contribution in [0.1, 0.15) is 5.82 Å². The van der Waals surface area contributed by atoms with Crippen molar-refractivity contribution in [2.45, 2.75) is 6.54 Å². The molecule has 86 valence electrons. The summed E-state index contributed by atoms with van der Waals surface area (Å²) in [7, 11) is 1.90. The predicted octanol–water partition coefficient (Wildman–Crippen LogP) is 1.88. The number of imidazole rings is 1. The predicted molar refractivity (Wildman–Crippen MR) is 67.2 cm³/mol. The van der Waals surface area contributed by atoms with Crippen LogP contribution >= 0.6 is 12.2 Å². The molecule has 0 fully saturated rings. The topological polar surface area (TPSA) is 51.4 Å². The molecule has 0 aliphatic rings. The maximum Gasteiger partial charge on any atom is 0.194 e. The van der Waals surface area contributed by atoms with Gasteiger partial charge in [0.2, 0.25) is 0 Å². The van der Waals surface area contributed by atoms with Crippen LogP contribution in [0.3, 0.4) is 0 Å². The lowest BCUT2D eigenvalue weighted by Crippen LogP contribution is -2.05. The first-order chi connectivity index (χ1) is 8.25. The van der Waals surface area contributed by atoms with E-state index in [2.05, 4.69) is 19.7 Å². The maximum atomic E-state index is 5.09. The molecule has 3 rings (SSSR count). The maximum absolute atomic E-state index is 5.09. The number of nitrogens with one attached hydrogen (secondary N) is 1. The minimum absolute atomic E-state index is 0.629. The average molecular weight is 245 g/mol. The van der Waals surface area contributed by atoms with Crippen molar-refractivity contribution in [2.24, 2.45) is 7.05 Å². The van der Waals surface area contributed by atoms with Gasteiger partial charge in [0.25, 0.3) is 0 Å². The van der Waals surface area contributed by atoms with Crippen LogP contribution in [-0.4, -0.2) is 24.3 Å². The summed E-state index contributed by atoms with van der Waals surface area (Å²) in [5, 5.41) is 6.97. The van der Waals surface area contributed by atoms with Gasteiger partial charge in [0.1, 0.15) is 0 Å². The number of fused-ring (bicyclic) bond motifs is 1. The number of hydrogen-bond acceptors (Lipinski definition) is 3. The fourth-order valence-corrected chi connectivity index (χ4v) is 1.96. The van der Waals surface area contributed by atoms with E-state index < -0.39 is 0 Å². The Morgan fingerprint density at radius 3 is 2.94 bits per heavy atom. The quantitative estimate of drug-likeness (QED) is 0.701. The van der Waals surface area contributed by atoms with Crippen molar-refractivity contribution in [3.05, 3.63) is 41.2 Å². The van der Waals surface area contributed by atoms with Gasteiger partial charge in [-0.15, -0.1) is 0 Å². The summed E-state index contributed by atoms with van der Waals surface area (Å²) in [6.07, 6.45) is 1.82. The number of para-hydroxylation sites is 2. The van der Waals surface area contributed by atoms with Gasteiger partial charge in [0.15, 0.2) is 10.6 Å². The fraction of sp³-hybridized carbons (Fsp3) is 0.182. The normalized spacial score (nSPS) is 11.1. The van der Waals surface area contributed by atoms with Crippen molar-refractivity contribution in [3.63, 3.8) is 0 Å². The molecule has 0 bridgehead atoms. The minimum atomic E-state index is 0.629. The molecule has 5 nitrogen and oxygen atoms in total. The number of H-pyrrole nitrogens is 1. The van der Waals surface area contributed by atoms with Crippen LogP contribution in [0.2, 0.25) is 0 Å². The summed E-state index contributed by atoms with van der Waals surface area (Å²) in [6.45, 7) is 0.657. The number of nitrogens with zero attached hydrogens (tertiary/aromatic N) is 4. The number of aromatic nitrogens is 5. The molecule has 2 aromatic heterocycles. The van der Waals surface area contributed by atoms with Gasteiger partial charge < -0.3 is 9.13 Å². The molecule has 17 heavy (non-hydrogen) atoms. The smallest absolute Gasteiger partial charge is 0.194 e. The Kier molecular flexibility index (Phi) is 2.29. The van der Waals surface area contributed by atoms with E-state index in [1.54, 1.807) is 0 Å². The second kappa shape index (κ2) is 3.81. The molecule has 6 heteroatoms. The van der Waals surface area contributed by atoms with E-state index in [1.165, 1.54) is 0 Å². The SMILES string of the molecule is Cn1c(Cn2cnc3ccccc32)n[nH]c1=S. The summed E-state index contributed by atoms with van der Waals surface area (Å²) >= 11 is 5.09. The third-order valence-corrected chi connectivity index (χ3v) is 3.18. The molecular formula is C11H11N5S. The molecule has 0 amide bonds. The second-order valence-electron chi connectivity index (χ2n) is 3.87. The lowest BCUT2D eigenvalue weighted by atomic mass is 10.3. The van der Waals surface area contributed by atoms with Crippen LogP contribution in [0, 0.1) is 4.77 Å². The van der Waals surface area contributed by atoms with Gasteiger partial charge in [-0.3, -0.25) is 5.10 Å². The Hall–Kier alpha value is -1.95. The average Bonchev–Trinajstić information content (AvgIpc) is 2.89. The molecule has 0 saturated heterocycles. The molecule has 0 radical (unpaired) electrons. The molecule has 0 atom stereocenters. The third kappa shape index (κ3) is 1.66. The van der Waals surface area contributed by atoms with E-state index in [0.29, 0.717) is 11.3 Å². The Bertz CT molecular complexity index is 721. The van der Waals surface area contributed by atoms with Gasteiger partial charge in [0.05, 0.1) is 23.9 Å². The zero-order valence-electron chi connectivity index (χ0n) is 9.29. The molecule has 0 saturated carbocycles. The molecular weight excluding hydrogens is 234 g/mol. The monoisotopic (exact) mass is 245 g/mol. The van der Waals surface area contributed by atoms with Crippen molar-refractivity contribution in [2.75, 3.05) is 0 Å². The highest BCUT2D eigenvalue weighted by Crippen LogP contribution is 2.12. The van der Waals surface area contributed by atoms with E-state index in [-0.39, 0.29) is 0 Å². The van der Waals surface area contributed by atoms with Crippen LogP contribution in [0.25, 0.3) is 11.0 Å². The standard InChI is InChI=1S/C11H11N5S/c1-15-10(13-14-11(15)17)6-16-7-12-8-4-2-3-5-9(8)16/h2-5,7H,6H2,1H3,(H,14,17). The molecule has 2 heterocycles. The van der Waals surface area contributed by atoms with E-state index in [4.69, 9.17) is 12.2 Å². The number of rotatable bonds is 2. The fourth-order valence-electron chi connectivity index (χ4n) is 1.81. The van der Waals surface area contributed by atoms with Gasteiger partial charge in [-0.1, -0.05) is 12.1 Å². The molecule has 1 aromatic carbocycles. The minimum Gasteiger partial charge on any atom is -0.323 e. The Morgan fingerprint density at radius 1 is 1.35 bits per heavy atom. The van der Waals surface area contributed by atoms with Crippen molar-refractivity contribution in [1.82, 2.24) is 24.3 Å². The summed E-state index contributed by atoms with van der Waals surface area (Å²) in [5.74, 6) is 0.887. The molecule has 1 N–H and O–H groups in total. The first-order valence-corrected chi connectivity index (χ1v) is 5.66. The molecule has 3 aromatic rings. The van der Waals surface area contributed by atoms with Gasteiger partial charge in [-0.05, 0) is 24.4 Å². The number of aromatic amines is 1. The van der Waals surface area contributed by atoms with Crippen LogP contribution in [-0.2, 0) is 13.6 Å². The molecule has 0 spiro atoms. The van der Waals surface area contributed by atoms with Crippen molar-refractivity contribution in [1.29, 1.82) is 0 Å². The first kappa shape index (κ1) is 10.2. The highest BCUT2D eigenvalue weighted by Gasteiger charge is 2.06. The van der Waals surface area contributed by atoms with E-state index in [1.807, 2.05) is 42.2 Å². The Morgan fingerprint density at radius 2 is 2.18 bits per heavy atom. The van der Waals surface area contributed by atoms with Crippen LogP contribution in [0.4, 0.5) is 0 Å². The van der Waals surface area contributed by atoms with Gasteiger partial charge >= 0.3 is 0 Å². The lowest BCUT2D eigenvalue weighted by molar-refractivity contribution is 0.708. The Balaban J connectivity index is 2.06. The van der Waals surface area contributed by atoms with Gasteiger partial charge in [-0.25, -0.2) is 4.98 Å². The number of hydrogen-bond donors (Lipinski definition) is 1. The number of benzene rings is 1. The first-order valence-electron chi connectivity index (χ1n) is 5.26. The van der Waals surface area contributed by atoms with Crippen molar-refractivity contribution < 1.29 is 0 Å². The van der Waals surface area contributed by atoms with Gasteiger partial charge in [-0.2, -0.15) is 5.10 Å². The summed E-state index contributed by atoms with van der Waals surface area (Å²) in [6, 6.07) is 8.03. The van der Waals surface area contributed by atoms with Gasteiger partial charge in [0, 0.05) is 7.05 Å². The highest BCUT2D eigenvalue weighted by molar-refractivity contribution is 7.71. The van der Waals surface area contributed by atoms with Crippen LogP contribution < -0.4 is 0 Å². The zero-order chi connectivity index (χ0) is 11.8. The van der Waals surface area contributed by atoms with E-state index in [9.17, 15) is 0 Å². The van der Waals surface area contributed by atoms with Crippen molar-refractivity contribution in [3.8, 4) is 0 Å². The molecule has 0 aliphatic carbocycles. The second-order valence-corrected chi connectivity index (χ2v) is 4.25. The zero-order valence-corrected chi connectivity index (χ0v) is 10.1. The summed E-state index contributed by atoms with van der Waals surface area (Å²) in [5.41, 5.74) is 2.09. The van der Waals surface area contributed by atoms with Crippen molar-refractivity contribution >= 4 is 23.3 Å². The van der Waals surface area contributed by atoms with Crippen LogP contribution in [0.15, 0.2) is 30.6 Å². The molecule has 0 aliphatic heterocycles.